The Morgan fingerprint density at radius 1 is 1.25 bits per heavy atom. The van der Waals surface area contributed by atoms with Gasteiger partial charge in [-0.3, -0.25) is 10.1 Å². The normalized spacial score (nSPS) is 10.8. The van der Waals surface area contributed by atoms with Crippen LogP contribution >= 0.6 is 11.6 Å². The van der Waals surface area contributed by atoms with Gasteiger partial charge in [0.15, 0.2) is 5.75 Å². The first-order chi connectivity index (χ1) is 9.31. The largest absolute Gasteiger partial charge is 0.573 e. The number of hydrogen-bond acceptors (Lipinski definition) is 3. The number of rotatable bonds is 4. The summed E-state index contributed by atoms with van der Waals surface area (Å²) in [7, 11) is 0. The van der Waals surface area contributed by atoms with Gasteiger partial charge in [-0.05, 0) is 12.1 Å². The second-order valence-corrected chi connectivity index (χ2v) is 3.86. The summed E-state index contributed by atoms with van der Waals surface area (Å²) in [5.41, 5.74) is -0.221. The standard InChI is InChI=1S/C11H10ClF3N2O3/c12-6-5-9(18)17-10(19)16-7-3-1-2-4-8(7)20-11(13,14)15/h1-4H,5-6H2,(H2,16,17,18,19). The quantitative estimate of drug-likeness (QED) is 0.840. The zero-order valence-corrected chi connectivity index (χ0v) is 10.7. The van der Waals surface area contributed by atoms with E-state index in [-0.39, 0.29) is 18.0 Å². The molecule has 0 unspecified atom stereocenters. The average Bonchev–Trinajstić information content (AvgIpc) is 2.30. The third kappa shape index (κ3) is 5.79. The number of imide groups is 1. The monoisotopic (exact) mass is 310 g/mol. The number of carbonyl (C=O) groups is 2. The zero-order chi connectivity index (χ0) is 15.2. The summed E-state index contributed by atoms with van der Waals surface area (Å²) in [5, 5.41) is 3.99. The summed E-state index contributed by atoms with van der Waals surface area (Å²) in [5.74, 6) is -1.21. The molecule has 5 nitrogen and oxygen atoms in total. The molecule has 0 aliphatic heterocycles. The van der Waals surface area contributed by atoms with Gasteiger partial charge in [0.1, 0.15) is 0 Å². The number of ether oxygens (including phenoxy) is 1. The van der Waals surface area contributed by atoms with E-state index in [4.69, 9.17) is 11.6 Å². The molecule has 0 saturated heterocycles. The van der Waals surface area contributed by atoms with Crippen LogP contribution in [0.2, 0.25) is 0 Å². The molecule has 3 amide bonds. The number of para-hydroxylation sites is 2. The van der Waals surface area contributed by atoms with Crippen LogP contribution in [0.5, 0.6) is 5.75 Å². The topological polar surface area (TPSA) is 67.4 Å². The highest BCUT2D eigenvalue weighted by atomic mass is 35.5. The van der Waals surface area contributed by atoms with Gasteiger partial charge in [0.25, 0.3) is 0 Å². The number of hydrogen-bond donors (Lipinski definition) is 2. The molecular weight excluding hydrogens is 301 g/mol. The van der Waals surface area contributed by atoms with Crippen LogP contribution in [0, 0.1) is 0 Å². The maximum atomic E-state index is 12.1. The maximum absolute atomic E-state index is 12.1. The molecule has 0 saturated carbocycles. The van der Waals surface area contributed by atoms with Crippen molar-refractivity contribution < 1.29 is 27.5 Å². The summed E-state index contributed by atoms with van der Waals surface area (Å²) in [4.78, 5) is 22.5. The molecule has 2 N–H and O–H groups in total. The molecule has 0 aromatic heterocycles. The van der Waals surface area contributed by atoms with E-state index in [2.05, 4.69) is 10.1 Å². The molecule has 0 aliphatic rings. The minimum atomic E-state index is -4.89. The molecule has 0 spiro atoms. The Kier molecular flexibility index (Phi) is 5.63. The van der Waals surface area contributed by atoms with Gasteiger partial charge >= 0.3 is 12.4 Å². The highest BCUT2D eigenvalue weighted by Gasteiger charge is 2.32. The van der Waals surface area contributed by atoms with E-state index in [1.165, 1.54) is 18.2 Å². The van der Waals surface area contributed by atoms with Crippen molar-refractivity contribution in [2.75, 3.05) is 11.2 Å². The molecule has 1 rings (SSSR count). The Morgan fingerprint density at radius 3 is 2.50 bits per heavy atom. The average molecular weight is 311 g/mol. The lowest BCUT2D eigenvalue weighted by molar-refractivity contribution is -0.274. The van der Waals surface area contributed by atoms with Gasteiger partial charge in [-0.15, -0.1) is 24.8 Å². The Morgan fingerprint density at radius 2 is 1.90 bits per heavy atom. The second kappa shape index (κ2) is 6.99. The number of carbonyl (C=O) groups excluding carboxylic acids is 2. The van der Waals surface area contributed by atoms with E-state index in [1.807, 2.05) is 5.32 Å². The molecule has 0 radical (unpaired) electrons. The van der Waals surface area contributed by atoms with Gasteiger partial charge in [0, 0.05) is 12.3 Å². The molecule has 0 atom stereocenters. The van der Waals surface area contributed by atoms with Crippen LogP contribution < -0.4 is 15.4 Å². The first-order valence-corrected chi connectivity index (χ1v) is 5.87. The molecule has 9 heteroatoms. The highest BCUT2D eigenvalue weighted by Crippen LogP contribution is 2.29. The number of urea groups is 1. The summed E-state index contributed by atoms with van der Waals surface area (Å²) in [6.45, 7) is 0. The first-order valence-electron chi connectivity index (χ1n) is 5.33. The van der Waals surface area contributed by atoms with Crippen molar-refractivity contribution >= 4 is 29.2 Å². The van der Waals surface area contributed by atoms with Gasteiger partial charge in [0.2, 0.25) is 5.91 Å². The number of amides is 3. The van der Waals surface area contributed by atoms with Crippen molar-refractivity contribution in [3.63, 3.8) is 0 Å². The fraction of sp³-hybridized carbons (Fsp3) is 0.273. The van der Waals surface area contributed by atoms with E-state index in [9.17, 15) is 22.8 Å². The predicted octanol–water partition coefficient (Wildman–Crippen LogP) is 2.86. The van der Waals surface area contributed by atoms with E-state index < -0.39 is 24.1 Å². The summed E-state index contributed by atoms with van der Waals surface area (Å²) < 4.78 is 40.2. The molecule has 0 aliphatic carbocycles. The van der Waals surface area contributed by atoms with Crippen molar-refractivity contribution in [2.24, 2.45) is 0 Å². The molecule has 0 heterocycles. The van der Waals surface area contributed by atoms with Crippen LogP contribution in [-0.4, -0.2) is 24.2 Å². The summed E-state index contributed by atoms with van der Waals surface area (Å²) >= 11 is 5.30. The van der Waals surface area contributed by atoms with Gasteiger partial charge in [0.05, 0.1) is 5.69 Å². The van der Waals surface area contributed by atoms with Crippen LogP contribution in [-0.2, 0) is 4.79 Å². The number of nitrogens with one attached hydrogen (secondary N) is 2. The van der Waals surface area contributed by atoms with Crippen molar-refractivity contribution in [3.05, 3.63) is 24.3 Å². The van der Waals surface area contributed by atoms with Crippen molar-refractivity contribution in [1.29, 1.82) is 0 Å². The minimum absolute atomic E-state index is 0.0207. The number of anilines is 1. The Labute approximate surface area is 117 Å². The molecule has 0 bridgehead atoms. The van der Waals surface area contributed by atoms with Gasteiger partial charge in [-0.1, -0.05) is 12.1 Å². The Bertz CT molecular complexity index is 494. The van der Waals surface area contributed by atoms with E-state index >= 15 is 0 Å². The number of halogens is 4. The van der Waals surface area contributed by atoms with E-state index in [0.717, 1.165) is 6.07 Å². The Hall–Kier alpha value is -1.96. The fourth-order valence-corrected chi connectivity index (χ4v) is 1.38. The maximum Gasteiger partial charge on any atom is 0.573 e. The van der Waals surface area contributed by atoms with E-state index in [1.54, 1.807) is 0 Å². The number of benzene rings is 1. The van der Waals surface area contributed by atoms with Crippen molar-refractivity contribution in [3.8, 4) is 5.75 Å². The molecule has 1 aromatic carbocycles. The fourth-order valence-electron chi connectivity index (χ4n) is 1.21. The van der Waals surface area contributed by atoms with Crippen LogP contribution in [0.1, 0.15) is 6.42 Å². The third-order valence-corrected chi connectivity index (χ3v) is 2.12. The second-order valence-electron chi connectivity index (χ2n) is 3.49. The third-order valence-electron chi connectivity index (χ3n) is 1.94. The summed E-state index contributed by atoms with van der Waals surface area (Å²) in [6.07, 6.45) is -4.97. The SMILES string of the molecule is O=C(CCCl)NC(=O)Nc1ccccc1OC(F)(F)F. The lowest BCUT2D eigenvalue weighted by Crippen LogP contribution is -2.34. The van der Waals surface area contributed by atoms with Crippen LogP contribution in [0.4, 0.5) is 23.7 Å². The van der Waals surface area contributed by atoms with Crippen LogP contribution in [0.3, 0.4) is 0 Å². The predicted molar refractivity (Wildman–Crippen MR) is 65.6 cm³/mol. The molecule has 1 aromatic rings. The molecule has 0 fully saturated rings. The minimum Gasteiger partial charge on any atom is -0.404 e. The van der Waals surface area contributed by atoms with Crippen LogP contribution in [0.25, 0.3) is 0 Å². The number of alkyl halides is 4. The molecular formula is C11H10ClF3N2O3. The molecule has 20 heavy (non-hydrogen) atoms. The zero-order valence-electron chi connectivity index (χ0n) is 9.96. The first kappa shape index (κ1) is 16.1. The van der Waals surface area contributed by atoms with Crippen LogP contribution in [0.15, 0.2) is 24.3 Å². The lowest BCUT2D eigenvalue weighted by Gasteiger charge is -2.13. The lowest BCUT2D eigenvalue weighted by atomic mass is 10.3. The van der Waals surface area contributed by atoms with Gasteiger partial charge in [-0.25, -0.2) is 4.79 Å². The highest BCUT2D eigenvalue weighted by molar-refractivity contribution is 6.19. The summed E-state index contributed by atoms with van der Waals surface area (Å²) in [6, 6.07) is 3.97. The van der Waals surface area contributed by atoms with E-state index in [0.29, 0.717) is 0 Å². The van der Waals surface area contributed by atoms with Gasteiger partial charge in [-0.2, -0.15) is 0 Å². The molecule has 110 valence electrons. The van der Waals surface area contributed by atoms with Crippen molar-refractivity contribution in [2.45, 2.75) is 12.8 Å². The smallest absolute Gasteiger partial charge is 0.404 e. The van der Waals surface area contributed by atoms with Gasteiger partial charge < -0.3 is 10.1 Å². The Balaban J connectivity index is 2.72. The van der Waals surface area contributed by atoms with Crippen molar-refractivity contribution in [1.82, 2.24) is 5.32 Å².